The summed E-state index contributed by atoms with van der Waals surface area (Å²) in [4.78, 5) is 12.4. The monoisotopic (exact) mass is 342 g/mol. The summed E-state index contributed by atoms with van der Waals surface area (Å²) in [5.41, 5.74) is 1.81. The number of hydrogen-bond donors (Lipinski definition) is 0. The minimum Gasteiger partial charge on any atom is -0.289 e. The molecule has 1 rings (SSSR count). The first-order chi connectivity index (χ1) is 8.20. The lowest BCUT2D eigenvalue weighted by Gasteiger charge is -2.09. The highest BCUT2D eigenvalue weighted by molar-refractivity contribution is 14.1. The second-order valence-corrected chi connectivity index (χ2v) is 5.38. The van der Waals surface area contributed by atoms with Crippen LogP contribution in [0.1, 0.15) is 49.9 Å². The molecule has 0 fully saturated rings. The van der Waals surface area contributed by atoms with Crippen LogP contribution < -0.4 is 0 Å². The Morgan fingerprint density at radius 1 is 1.06 bits per heavy atom. The average molecular weight is 342 g/mol. The smallest absolute Gasteiger partial charge is 0.189 e. The number of halogens is 1. The lowest BCUT2D eigenvalue weighted by Crippen LogP contribution is -2.05. The molecule has 0 heterocycles. The van der Waals surface area contributed by atoms with Crippen LogP contribution in [0.15, 0.2) is 39.5 Å². The highest BCUT2D eigenvalue weighted by Gasteiger charge is 2.14. The normalized spacial score (nSPS) is 12.2. The minimum absolute atomic E-state index is 0.199. The van der Waals surface area contributed by atoms with E-state index in [2.05, 4.69) is 36.4 Å². The van der Waals surface area contributed by atoms with Gasteiger partial charge >= 0.3 is 0 Å². The van der Waals surface area contributed by atoms with Crippen LogP contribution in [0.4, 0.5) is 0 Å². The molecule has 0 N–H and O–H groups in total. The fourth-order valence-electron chi connectivity index (χ4n) is 1.76. The first-order valence-corrected chi connectivity index (χ1v) is 7.25. The maximum Gasteiger partial charge on any atom is 0.189 e. The molecule has 1 nitrogen and oxygen atoms in total. The summed E-state index contributed by atoms with van der Waals surface area (Å²) in [5.74, 6) is 0.199. The fourth-order valence-corrected chi connectivity index (χ4v) is 2.81. The van der Waals surface area contributed by atoms with Crippen molar-refractivity contribution < 1.29 is 4.79 Å². The number of benzene rings is 1. The molecule has 0 bridgehead atoms. The Labute approximate surface area is 117 Å². The lowest BCUT2D eigenvalue weighted by atomic mass is 9.98. The molecule has 92 valence electrons. The van der Waals surface area contributed by atoms with Crippen molar-refractivity contribution in [1.82, 2.24) is 0 Å². The zero-order valence-electron chi connectivity index (χ0n) is 10.5. The molecule has 0 radical (unpaired) electrons. The molecule has 1 aromatic carbocycles. The van der Waals surface area contributed by atoms with E-state index in [9.17, 15) is 4.79 Å². The largest absolute Gasteiger partial charge is 0.289 e. The zero-order valence-corrected chi connectivity index (χ0v) is 12.7. The van der Waals surface area contributed by atoms with Gasteiger partial charge in [0.25, 0.3) is 0 Å². The van der Waals surface area contributed by atoms with Gasteiger partial charge in [0.1, 0.15) is 0 Å². The Morgan fingerprint density at radius 3 is 2.18 bits per heavy atom. The van der Waals surface area contributed by atoms with Crippen molar-refractivity contribution in [1.29, 1.82) is 0 Å². The standard InChI is InChI=1S/C15H19IO/c1-3-8-13(14(16)9-4-2)15(17)12-10-6-5-7-11-12/h5-7,10-11H,3-4,8-9H2,1-2H3/b14-13-. The molecule has 0 amide bonds. The maximum absolute atomic E-state index is 12.4. The molecule has 17 heavy (non-hydrogen) atoms. The average Bonchev–Trinajstić information content (AvgIpc) is 2.36. The molecular formula is C15H19IO. The van der Waals surface area contributed by atoms with Crippen molar-refractivity contribution in [2.75, 3.05) is 0 Å². The Bertz CT molecular complexity index is 393. The van der Waals surface area contributed by atoms with Gasteiger partial charge in [-0.25, -0.2) is 0 Å². The number of Topliss-reactive ketones (excluding diaryl/α,β-unsaturated/α-hetero) is 1. The summed E-state index contributed by atoms with van der Waals surface area (Å²) in [6.07, 6.45) is 4.00. The third-order valence-corrected chi connectivity index (χ3v) is 3.80. The summed E-state index contributed by atoms with van der Waals surface area (Å²) in [5, 5.41) is 0. The molecule has 1 aromatic rings. The number of rotatable bonds is 6. The molecule has 0 atom stereocenters. The first kappa shape index (κ1) is 14.4. The maximum atomic E-state index is 12.4. The quantitative estimate of drug-likeness (QED) is 0.397. The van der Waals surface area contributed by atoms with Gasteiger partial charge in [-0.3, -0.25) is 4.79 Å². The van der Waals surface area contributed by atoms with Gasteiger partial charge in [0.05, 0.1) is 0 Å². The van der Waals surface area contributed by atoms with Crippen LogP contribution in [-0.2, 0) is 0 Å². The number of hydrogen-bond acceptors (Lipinski definition) is 1. The number of carbonyl (C=O) groups excluding carboxylic acids is 1. The topological polar surface area (TPSA) is 17.1 Å². The Hall–Kier alpha value is -0.640. The zero-order chi connectivity index (χ0) is 12.7. The van der Waals surface area contributed by atoms with E-state index < -0.39 is 0 Å². The van der Waals surface area contributed by atoms with Crippen LogP contribution in [0.5, 0.6) is 0 Å². The number of carbonyl (C=O) groups is 1. The highest BCUT2D eigenvalue weighted by atomic mass is 127. The number of allylic oxidation sites excluding steroid dienone is 2. The van der Waals surface area contributed by atoms with Gasteiger partial charge < -0.3 is 0 Å². The molecule has 0 aromatic heterocycles. The van der Waals surface area contributed by atoms with Gasteiger partial charge in [-0.1, -0.05) is 57.0 Å². The summed E-state index contributed by atoms with van der Waals surface area (Å²) in [6, 6.07) is 9.58. The molecule has 0 aliphatic carbocycles. The molecule has 0 saturated carbocycles. The SMILES string of the molecule is CCC/C(I)=C(\CCC)C(=O)c1ccccc1. The second-order valence-electron chi connectivity index (χ2n) is 4.08. The van der Waals surface area contributed by atoms with Gasteiger partial charge in [-0.2, -0.15) is 0 Å². The third kappa shape index (κ3) is 4.26. The summed E-state index contributed by atoms with van der Waals surface area (Å²) in [7, 11) is 0. The predicted octanol–water partition coefficient (Wildman–Crippen LogP) is 5.16. The Kier molecular flexibility index (Phi) is 6.48. The van der Waals surface area contributed by atoms with Crippen LogP contribution in [0.3, 0.4) is 0 Å². The summed E-state index contributed by atoms with van der Waals surface area (Å²) >= 11 is 2.33. The van der Waals surface area contributed by atoms with E-state index in [1.54, 1.807) is 0 Å². The van der Waals surface area contributed by atoms with E-state index in [0.29, 0.717) is 0 Å². The van der Waals surface area contributed by atoms with Crippen molar-refractivity contribution in [2.24, 2.45) is 0 Å². The summed E-state index contributed by atoms with van der Waals surface area (Å²) < 4.78 is 1.22. The van der Waals surface area contributed by atoms with Gasteiger partial charge in [0.2, 0.25) is 0 Å². The van der Waals surface area contributed by atoms with E-state index >= 15 is 0 Å². The van der Waals surface area contributed by atoms with Crippen molar-refractivity contribution in [3.63, 3.8) is 0 Å². The molecule has 0 aliphatic rings. The Morgan fingerprint density at radius 2 is 1.65 bits per heavy atom. The van der Waals surface area contributed by atoms with E-state index in [1.807, 2.05) is 30.3 Å². The lowest BCUT2D eigenvalue weighted by molar-refractivity contribution is 0.103. The summed E-state index contributed by atoms with van der Waals surface area (Å²) in [6.45, 7) is 4.27. The van der Waals surface area contributed by atoms with Crippen molar-refractivity contribution >= 4 is 28.4 Å². The Balaban J connectivity index is 3.00. The van der Waals surface area contributed by atoms with Gasteiger partial charge in [-0.15, -0.1) is 0 Å². The van der Waals surface area contributed by atoms with Crippen LogP contribution in [0.2, 0.25) is 0 Å². The van der Waals surface area contributed by atoms with E-state index in [1.165, 1.54) is 3.58 Å². The van der Waals surface area contributed by atoms with Gasteiger partial charge in [0.15, 0.2) is 5.78 Å². The van der Waals surface area contributed by atoms with Crippen LogP contribution >= 0.6 is 22.6 Å². The molecule has 0 aliphatic heterocycles. The molecular weight excluding hydrogens is 323 g/mol. The van der Waals surface area contributed by atoms with Crippen molar-refractivity contribution in [3.8, 4) is 0 Å². The van der Waals surface area contributed by atoms with Crippen molar-refractivity contribution in [3.05, 3.63) is 45.0 Å². The van der Waals surface area contributed by atoms with Crippen LogP contribution in [0, 0.1) is 0 Å². The third-order valence-electron chi connectivity index (χ3n) is 2.61. The predicted molar refractivity (Wildman–Crippen MR) is 81.6 cm³/mol. The van der Waals surface area contributed by atoms with Gasteiger partial charge in [-0.05, 0) is 39.0 Å². The number of ketones is 1. The minimum atomic E-state index is 0.199. The van der Waals surface area contributed by atoms with Crippen LogP contribution in [0.25, 0.3) is 0 Å². The molecule has 2 heteroatoms. The van der Waals surface area contributed by atoms with Crippen LogP contribution in [-0.4, -0.2) is 5.78 Å². The molecule has 0 saturated heterocycles. The second kappa shape index (κ2) is 7.64. The van der Waals surface area contributed by atoms with E-state index in [4.69, 9.17) is 0 Å². The van der Waals surface area contributed by atoms with Crippen molar-refractivity contribution in [2.45, 2.75) is 39.5 Å². The fraction of sp³-hybridized carbons (Fsp3) is 0.400. The first-order valence-electron chi connectivity index (χ1n) is 6.18. The molecule has 0 spiro atoms. The van der Waals surface area contributed by atoms with E-state index in [-0.39, 0.29) is 5.78 Å². The molecule has 0 unspecified atom stereocenters. The van der Waals surface area contributed by atoms with E-state index in [0.717, 1.165) is 36.8 Å². The van der Waals surface area contributed by atoms with Gasteiger partial charge in [0, 0.05) is 11.1 Å². The highest BCUT2D eigenvalue weighted by Crippen LogP contribution is 2.25.